The number of halogens is 2. The van der Waals surface area contributed by atoms with Crippen molar-refractivity contribution in [1.82, 2.24) is 9.91 Å². The van der Waals surface area contributed by atoms with Crippen molar-refractivity contribution in [1.29, 1.82) is 0 Å². The Labute approximate surface area is 186 Å². The number of nitrogens with zero attached hydrogens (tertiary/aromatic N) is 3. The number of piperidine rings is 1. The topological polar surface area (TPSA) is 28.1 Å². The minimum Gasteiger partial charge on any atom is -0.466 e. The van der Waals surface area contributed by atoms with Crippen LogP contribution in [0.4, 0.5) is 0 Å². The van der Waals surface area contributed by atoms with Gasteiger partial charge < -0.3 is 9.64 Å². The summed E-state index contributed by atoms with van der Waals surface area (Å²) in [5.74, 6) is 1.02. The SMILES string of the molecule is CC(C)N1CCC2(CC1)Oc1ccc(Br)cc1[C@H]1CC(c3ccc(Br)s3)=NN12. The van der Waals surface area contributed by atoms with Gasteiger partial charge in [0.1, 0.15) is 5.75 Å². The maximum absolute atomic E-state index is 6.71. The molecular weight excluding hydrogens is 502 g/mol. The third-order valence-electron chi connectivity index (χ3n) is 6.13. The van der Waals surface area contributed by atoms with E-state index in [0.717, 1.165) is 46.4 Å². The minimum absolute atomic E-state index is 0.239. The molecule has 5 rings (SSSR count). The molecule has 0 saturated carbocycles. The summed E-state index contributed by atoms with van der Waals surface area (Å²) in [6, 6.07) is 11.5. The van der Waals surface area contributed by atoms with Gasteiger partial charge in [-0.2, -0.15) is 5.10 Å². The highest BCUT2D eigenvalue weighted by molar-refractivity contribution is 9.11. The molecule has 0 radical (unpaired) electrons. The molecule has 1 saturated heterocycles. The Morgan fingerprint density at radius 2 is 1.96 bits per heavy atom. The quantitative estimate of drug-likeness (QED) is 0.481. The summed E-state index contributed by atoms with van der Waals surface area (Å²) in [7, 11) is 0. The molecule has 1 spiro atoms. The van der Waals surface area contributed by atoms with Gasteiger partial charge in [-0.3, -0.25) is 0 Å². The average molecular weight is 525 g/mol. The van der Waals surface area contributed by atoms with Crippen LogP contribution in [-0.4, -0.2) is 40.5 Å². The highest BCUT2D eigenvalue weighted by Crippen LogP contribution is 2.51. The second-order valence-electron chi connectivity index (χ2n) is 8.08. The van der Waals surface area contributed by atoms with Crippen molar-refractivity contribution in [3.8, 4) is 5.75 Å². The van der Waals surface area contributed by atoms with Crippen LogP contribution < -0.4 is 4.74 Å². The second-order valence-corrected chi connectivity index (χ2v) is 11.5. The van der Waals surface area contributed by atoms with Gasteiger partial charge in [0.15, 0.2) is 0 Å². The van der Waals surface area contributed by atoms with Crippen molar-refractivity contribution >= 4 is 48.9 Å². The van der Waals surface area contributed by atoms with E-state index >= 15 is 0 Å². The Kier molecular flexibility index (Phi) is 4.85. The molecule has 1 aromatic carbocycles. The van der Waals surface area contributed by atoms with Gasteiger partial charge in [0.2, 0.25) is 5.72 Å². The summed E-state index contributed by atoms with van der Waals surface area (Å²) in [5, 5.41) is 7.44. The van der Waals surface area contributed by atoms with E-state index in [1.54, 1.807) is 11.3 Å². The first kappa shape index (κ1) is 19.1. The fourth-order valence-electron chi connectivity index (χ4n) is 4.59. The minimum atomic E-state index is -0.340. The standard InChI is InChI=1S/C21H23Br2N3OS/c1-13(2)25-9-7-21(8-10-25)26-17(15-11-14(22)3-4-18(15)27-21)12-16(24-26)19-5-6-20(23)28-19/h3-6,11,13,17H,7-10,12H2,1-2H3/t17-/m1/s1. The van der Waals surface area contributed by atoms with Crippen LogP contribution in [0.25, 0.3) is 0 Å². The predicted octanol–water partition coefficient (Wildman–Crippen LogP) is 6.02. The Bertz CT molecular complexity index is 933. The van der Waals surface area contributed by atoms with E-state index in [2.05, 4.69) is 85.9 Å². The molecule has 0 unspecified atom stereocenters. The van der Waals surface area contributed by atoms with E-state index in [-0.39, 0.29) is 11.8 Å². The summed E-state index contributed by atoms with van der Waals surface area (Å²) in [6.45, 7) is 6.64. The number of hydrogen-bond acceptors (Lipinski definition) is 5. The summed E-state index contributed by atoms with van der Waals surface area (Å²) < 4.78 is 8.95. The number of thiophene rings is 1. The molecule has 148 valence electrons. The van der Waals surface area contributed by atoms with Crippen molar-refractivity contribution in [3.05, 3.63) is 49.0 Å². The zero-order valence-electron chi connectivity index (χ0n) is 16.0. The van der Waals surface area contributed by atoms with Crippen molar-refractivity contribution < 1.29 is 4.74 Å². The number of ether oxygens (including phenoxy) is 1. The van der Waals surface area contributed by atoms with Gasteiger partial charge in [-0.25, -0.2) is 5.01 Å². The van der Waals surface area contributed by atoms with Crippen molar-refractivity contribution in [3.63, 3.8) is 0 Å². The van der Waals surface area contributed by atoms with Gasteiger partial charge in [-0.15, -0.1) is 11.3 Å². The van der Waals surface area contributed by atoms with E-state index in [0.29, 0.717) is 6.04 Å². The summed E-state index contributed by atoms with van der Waals surface area (Å²) in [6.07, 6.45) is 2.87. The molecular formula is C21H23Br2N3OS. The number of rotatable bonds is 2. The molecule has 0 N–H and O–H groups in total. The van der Waals surface area contributed by atoms with E-state index in [4.69, 9.17) is 9.84 Å². The number of hydrogen-bond donors (Lipinski definition) is 0. The van der Waals surface area contributed by atoms with Gasteiger partial charge >= 0.3 is 0 Å². The smallest absolute Gasteiger partial charge is 0.200 e. The molecule has 7 heteroatoms. The maximum atomic E-state index is 6.71. The van der Waals surface area contributed by atoms with E-state index in [1.165, 1.54) is 16.2 Å². The molecule has 4 heterocycles. The fraction of sp³-hybridized carbons (Fsp3) is 0.476. The summed E-state index contributed by atoms with van der Waals surface area (Å²) in [4.78, 5) is 3.78. The summed E-state index contributed by atoms with van der Waals surface area (Å²) >= 11 is 8.99. The molecule has 2 aromatic rings. The van der Waals surface area contributed by atoms with Crippen LogP contribution in [0.5, 0.6) is 5.75 Å². The first-order chi connectivity index (χ1) is 13.4. The lowest BCUT2D eigenvalue weighted by Gasteiger charge is -2.51. The Morgan fingerprint density at radius 3 is 2.64 bits per heavy atom. The van der Waals surface area contributed by atoms with Crippen molar-refractivity contribution in [2.75, 3.05) is 13.1 Å². The lowest BCUT2D eigenvalue weighted by Crippen LogP contribution is -2.59. The lowest BCUT2D eigenvalue weighted by atomic mass is 9.91. The molecule has 3 aliphatic rings. The van der Waals surface area contributed by atoms with Crippen LogP contribution in [0.15, 0.2) is 43.7 Å². The molecule has 28 heavy (non-hydrogen) atoms. The predicted molar refractivity (Wildman–Crippen MR) is 121 cm³/mol. The van der Waals surface area contributed by atoms with Crippen LogP contribution in [0.1, 0.15) is 49.6 Å². The molecule has 1 fully saturated rings. The zero-order valence-corrected chi connectivity index (χ0v) is 20.0. The Balaban J connectivity index is 1.54. The first-order valence-electron chi connectivity index (χ1n) is 9.80. The largest absolute Gasteiger partial charge is 0.466 e. The monoisotopic (exact) mass is 523 g/mol. The van der Waals surface area contributed by atoms with Gasteiger partial charge in [-0.05, 0) is 60.1 Å². The molecule has 0 aliphatic carbocycles. The first-order valence-corrected chi connectivity index (χ1v) is 12.2. The average Bonchev–Trinajstić information content (AvgIpc) is 3.30. The van der Waals surface area contributed by atoms with Crippen molar-refractivity contribution in [2.24, 2.45) is 5.10 Å². The highest BCUT2D eigenvalue weighted by atomic mass is 79.9. The highest BCUT2D eigenvalue weighted by Gasteiger charge is 2.52. The van der Waals surface area contributed by atoms with Gasteiger partial charge in [0.25, 0.3) is 0 Å². The summed E-state index contributed by atoms with van der Waals surface area (Å²) in [5.41, 5.74) is 2.07. The number of benzene rings is 1. The molecule has 3 aliphatic heterocycles. The van der Waals surface area contributed by atoms with E-state index in [1.807, 2.05) is 0 Å². The third-order valence-corrected chi connectivity index (χ3v) is 8.29. The Hall–Kier alpha value is -0.890. The van der Waals surface area contributed by atoms with E-state index in [9.17, 15) is 0 Å². The van der Waals surface area contributed by atoms with Crippen LogP contribution in [0.3, 0.4) is 0 Å². The third kappa shape index (κ3) is 3.15. The number of fused-ring (bicyclic) bond motifs is 4. The lowest BCUT2D eigenvalue weighted by molar-refractivity contribution is -0.152. The van der Waals surface area contributed by atoms with E-state index < -0.39 is 0 Å². The van der Waals surface area contributed by atoms with Crippen molar-refractivity contribution in [2.45, 2.75) is 50.9 Å². The number of likely N-dealkylation sites (tertiary alicyclic amines) is 1. The van der Waals surface area contributed by atoms with Gasteiger partial charge in [0, 0.05) is 48.4 Å². The molecule has 1 atom stereocenters. The fourth-order valence-corrected chi connectivity index (χ4v) is 6.35. The van der Waals surface area contributed by atoms with Crippen LogP contribution in [-0.2, 0) is 0 Å². The van der Waals surface area contributed by atoms with Crippen LogP contribution in [0, 0.1) is 0 Å². The second kappa shape index (κ2) is 7.11. The molecule has 1 aromatic heterocycles. The van der Waals surface area contributed by atoms with Crippen LogP contribution >= 0.6 is 43.2 Å². The Morgan fingerprint density at radius 1 is 1.18 bits per heavy atom. The molecule has 0 amide bonds. The molecule has 4 nitrogen and oxygen atoms in total. The normalized spacial score (nSPS) is 23.5. The molecule has 0 bridgehead atoms. The number of hydrazone groups is 1. The zero-order chi connectivity index (χ0) is 19.5. The van der Waals surface area contributed by atoms with Gasteiger partial charge in [-0.1, -0.05) is 15.9 Å². The maximum Gasteiger partial charge on any atom is 0.200 e. The van der Waals surface area contributed by atoms with Gasteiger partial charge in [0.05, 0.1) is 20.4 Å². The van der Waals surface area contributed by atoms with Crippen LogP contribution in [0.2, 0.25) is 0 Å².